The Kier molecular flexibility index (Phi) is 4.93. The molecule has 1 aromatic heterocycles. The number of allylic oxidation sites excluding steroid dienone is 1. The lowest BCUT2D eigenvalue weighted by molar-refractivity contribution is 1.30. The molecule has 0 spiro atoms. The van der Waals surface area contributed by atoms with Gasteiger partial charge in [-0.2, -0.15) is 0 Å². The summed E-state index contributed by atoms with van der Waals surface area (Å²) in [7, 11) is 0. The van der Waals surface area contributed by atoms with Crippen molar-refractivity contribution in [3.8, 4) is 0 Å². The minimum absolute atomic E-state index is 0.504. The van der Waals surface area contributed by atoms with Crippen LogP contribution in [0.3, 0.4) is 0 Å². The Morgan fingerprint density at radius 2 is 2.18 bits per heavy atom. The first-order valence-electron chi connectivity index (χ1n) is 6.78. The molecule has 5 nitrogen and oxygen atoms in total. The molecule has 0 aliphatic rings. The summed E-state index contributed by atoms with van der Waals surface area (Å²) in [6.07, 6.45) is 6.70. The number of nitrogens with two attached hydrogens (primary N) is 2. The Bertz CT molecular complexity index is 717. The standard InChI is InChI=1S/C17H19N5/c1-12-5-6-15(18)10-17(12)22-13(2)21-9-7-16(19)14-4-3-8-20-11-14/h3-11,22H,2,18-19H2,1H3/b16-7-,21-9-. The number of aliphatic imine (C=N–C) groups is 1. The van der Waals surface area contributed by atoms with Crippen LogP contribution in [0.15, 0.2) is 66.2 Å². The first-order chi connectivity index (χ1) is 10.6. The van der Waals surface area contributed by atoms with Crippen LogP contribution in [0.25, 0.3) is 5.70 Å². The normalized spacial score (nSPS) is 11.6. The summed E-state index contributed by atoms with van der Waals surface area (Å²) in [6, 6.07) is 9.35. The lowest BCUT2D eigenvalue weighted by atomic mass is 10.2. The number of hydrogen-bond donors (Lipinski definition) is 3. The minimum Gasteiger partial charge on any atom is -0.399 e. The van der Waals surface area contributed by atoms with E-state index in [0.29, 0.717) is 17.2 Å². The van der Waals surface area contributed by atoms with Crippen LogP contribution < -0.4 is 16.8 Å². The molecule has 0 saturated heterocycles. The van der Waals surface area contributed by atoms with E-state index in [2.05, 4.69) is 21.9 Å². The second-order valence-electron chi connectivity index (χ2n) is 4.79. The summed E-state index contributed by atoms with van der Waals surface area (Å²) in [6.45, 7) is 5.84. The molecule has 5 heteroatoms. The number of rotatable bonds is 5. The van der Waals surface area contributed by atoms with E-state index >= 15 is 0 Å². The molecule has 0 aliphatic heterocycles. The topological polar surface area (TPSA) is 89.3 Å². The quantitative estimate of drug-likeness (QED) is 0.584. The zero-order chi connectivity index (χ0) is 15.9. The van der Waals surface area contributed by atoms with Gasteiger partial charge in [0, 0.05) is 41.2 Å². The summed E-state index contributed by atoms with van der Waals surface area (Å²) in [5, 5.41) is 3.11. The van der Waals surface area contributed by atoms with E-state index in [1.165, 1.54) is 0 Å². The average molecular weight is 293 g/mol. The van der Waals surface area contributed by atoms with E-state index in [1.807, 2.05) is 37.3 Å². The largest absolute Gasteiger partial charge is 0.399 e. The maximum Gasteiger partial charge on any atom is 0.122 e. The predicted octanol–water partition coefficient (Wildman–Crippen LogP) is 2.93. The Labute approximate surface area is 130 Å². The van der Waals surface area contributed by atoms with Crippen molar-refractivity contribution in [2.24, 2.45) is 10.7 Å². The Hall–Kier alpha value is -3.08. The molecule has 2 aromatic rings. The molecular formula is C17H19N5. The fourth-order valence-corrected chi connectivity index (χ4v) is 1.80. The van der Waals surface area contributed by atoms with E-state index in [4.69, 9.17) is 11.5 Å². The molecule has 0 unspecified atom stereocenters. The number of anilines is 2. The van der Waals surface area contributed by atoms with Crippen LogP contribution in [0.5, 0.6) is 0 Å². The third kappa shape index (κ3) is 4.21. The molecule has 0 aliphatic carbocycles. The zero-order valence-corrected chi connectivity index (χ0v) is 12.5. The molecule has 2 rings (SSSR count). The van der Waals surface area contributed by atoms with E-state index in [-0.39, 0.29) is 0 Å². The van der Waals surface area contributed by atoms with Gasteiger partial charge in [-0.25, -0.2) is 4.99 Å². The monoisotopic (exact) mass is 293 g/mol. The van der Waals surface area contributed by atoms with Crippen LogP contribution in [0, 0.1) is 6.92 Å². The molecule has 0 radical (unpaired) electrons. The van der Waals surface area contributed by atoms with Crippen LogP contribution in [0.4, 0.5) is 11.4 Å². The average Bonchev–Trinajstić information content (AvgIpc) is 2.51. The minimum atomic E-state index is 0.504. The molecule has 0 amide bonds. The summed E-state index contributed by atoms with van der Waals surface area (Å²) in [5.41, 5.74) is 15.8. The first-order valence-corrected chi connectivity index (χ1v) is 6.78. The number of nitrogens with one attached hydrogen (secondary N) is 1. The van der Waals surface area contributed by atoms with Crippen molar-refractivity contribution in [2.75, 3.05) is 11.1 Å². The molecule has 0 fully saturated rings. The number of nitrogens with zero attached hydrogens (tertiary/aromatic N) is 2. The molecule has 0 saturated carbocycles. The van der Waals surface area contributed by atoms with E-state index in [0.717, 1.165) is 16.8 Å². The van der Waals surface area contributed by atoms with Crippen molar-refractivity contribution in [2.45, 2.75) is 6.92 Å². The Morgan fingerprint density at radius 1 is 1.36 bits per heavy atom. The maximum absolute atomic E-state index is 5.94. The van der Waals surface area contributed by atoms with Gasteiger partial charge in [0.1, 0.15) is 5.82 Å². The summed E-state index contributed by atoms with van der Waals surface area (Å²) < 4.78 is 0. The number of aromatic nitrogens is 1. The SMILES string of the molecule is C=C(/N=C\C=C(/N)c1cccnc1)Nc1cc(N)ccc1C. The number of nitrogen functional groups attached to an aromatic ring is 1. The van der Waals surface area contributed by atoms with Crippen LogP contribution >= 0.6 is 0 Å². The summed E-state index contributed by atoms with van der Waals surface area (Å²) >= 11 is 0. The highest BCUT2D eigenvalue weighted by atomic mass is 15.0. The molecule has 5 N–H and O–H groups in total. The van der Waals surface area contributed by atoms with Crippen LogP contribution in [-0.2, 0) is 0 Å². The van der Waals surface area contributed by atoms with Gasteiger partial charge in [0.05, 0.1) is 0 Å². The van der Waals surface area contributed by atoms with Gasteiger partial charge < -0.3 is 16.8 Å². The van der Waals surface area contributed by atoms with E-state index in [1.54, 1.807) is 24.7 Å². The predicted molar refractivity (Wildman–Crippen MR) is 93.2 cm³/mol. The molecule has 0 atom stereocenters. The molecule has 1 aromatic carbocycles. The van der Waals surface area contributed by atoms with Crippen LogP contribution in [0.2, 0.25) is 0 Å². The third-order valence-electron chi connectivity index (χ3n) is 3.02. The lowest BCUT2D eigenvalue weighted by Gasteiger charge is -2.09. The van der Waals surface area contributed by atoms with E-state index < -0.39 is 0 Å². The van der Waals surface area contributed by atoms with Crippen molar-refractivity contribution in [1.29, 1.82) is 0 Å². The first kappa shape index (κ1) is 15.3. The van der Waals surface area contributed by atoms with Gasteiger partial charge in [-0.05, 0) is 42.8 Å². The number of benzene rings is 1. The van der Waals surface area contributed by atoms with Gasteiger partial charge >= 0.3 is 0 Å². The van der Waals surface area contributed by atoms with Gasteiger partial charge in [-0.3, -0.25) is 4.98 Å². The Balaban J connectivity index is 2.01. The van der Waals surface area contributed by atoms with Gasteiger partial charge in [-0.15, -0.1) is 0 Å². The van der Waals surface area contributed by atoms with Crippen LogP contribution in [0.1, 0.15) is 11.1 Å². The molecule has 1 heterocycles. The Morgan fingerprint density at radius 3 is 2.91 bits per heavy atom. The third-order valence-corrected chi connectivity index (χ3v) is 3.02. The lowest BCUT2D eigenvalue weighted by Crippen LogP contribution is -2.00. The second kappa shape index (κ2) is 7.08. The molecule has 0 bridgehead atoms. The van der Waals surface area contributed by atoms with Crippen molar-refractivity contribution < 1.29 is 0 Å². The summed E-state index contributed by atoms with van der Waals surface area (Å²) in [4.78, 5) is 8.22. The second-order valence-corrected chi connectivity index (χ2v) is 4.79. The molecule has 112 valence electrons. The smallest absolute Gasteiger partial charge is 0.122 e. The van der Waals surface area contributed by atoms with Crippen molar-refractivity contribution >= 4 is 23.3 Å². The highest BCUT2D eigenvalue weighted by Crippen LogP contribution is 2.19. The zero-order valence-electron chi connectivity index (χ0n) is 12.5. The fraction of sp³-hybridized carbons (Fsp3) is 0.0588. The van der Waals surface area contributed by atoms with Gasteiger partial charge in [-0.1, -0.05) is 12.6 Å². The highest BCUT2D eigenvalue weighted by Gasteiger charge is 1.99. The maximum atomic E-state index is 5.94. The van der Waals surface area contributed by atoms with Crippen molar-refractivity contribution in [3.05, 3.63) is 72.3 Å². The van der Waals surface area contributed by atoms with Gasteiger partial charge in [0.15, 0.2) is 0 Å². The number of aryl methyl sites for hydroxylation is 1. The van der Waals surface area contributed by atoms with Gasteiger partial charge in [0.25, 0.3) is 0 Å². The van der Waals surface area contributed by atoms with Crippen molar-refractivity contribution in [3.63, 3.8) is 0 Å². The summed E-state index contributed by atoms with van der Waals surface area (Å²) in [5.74, 6) is 0.504. The number of hydrogen-bond acceptors (Lipinski definition) is 5. The molecule has 22 heavy (non-hydrogen) atoms. The fourth-order valence-electron chi connectivity index (χ4n) is 1.80. The molecular weight excluding hydrogens is 274 g/mol. The highest BCUT2D eigenvalue weighted by molar-refractivity contribution is 5.83. The number of pyridine rings is 1. The van der Waals surface area contributed by atoms with Crippen LogP contribution in [-0.4, -0.2) is 11.2 Å². The van der Waals surface area contributed by atoms with Gasteiger partial charge in [0.2, 0.25) is 0 Å². The van der Waals surface area contributed by atoms with E-state index in [9.17, 15) is 0 Å². The van der Waals surface area contributed by atoms with Crippen molar-refractivity contribution in [1.82, 2.24) is 4.98 Å².